The number of carbonyl (C=O) groups is 3. The van der Waals surface area contributed by atoms with Crippen LogP contribution in [-0.2, 0) is 14.3 Å². The molecular formula is C20H18FNO6. The molecule has 1 heterocycles. The van der Waals surface area contributed by atoms with Gasteiger partial charge in [-0.05, 0) is 36.4 Å². The number of anilines is 1. The molecule has 7 nitrogen and oxygen atoms in total. The molecule has 0 spiro atoms. The third-order valence-electron chi connectivity index (χ3n) is 3.91. The van der Waals surface area contributed by atoms with E-state index in [9.17, 15) is 18.8 Å². The second-order valence-electron chi connectivity index (χ2n) is 6.00. The van der Waals surface area contributed by atoms with Gasteiger partial charge in [0.25, 0.3) is 5.91 Å². The van der Waals surface area contributed by atoms with E-state index in [-0.39, 0.29) is 18.6 Å². The Morgan fingerprint density at radius 3 is 2.43 bits per heavy atom. The lowest BCUT2D eigenvalue weighted by atomic mass is 10.1. The molecule has 2 aromatic carbocycles. The number of halogens is 1. The van der Waals surface area contributed by atoms with E-state index >= 15 is 0 Å². The fourth-order valence-electron chi connectivity index (χ4n) is 2.53. The van der Waals surface area contributed by atoms with Gasteiger partial charge in [-0.25, -0.2) is 4.39 Å². The molecule has 146 valence electrons. The number of esters is 1. The molecule has 0 atom stereocenters. The highest BCUT2D eigenvalue weighted by molar-refractivity contribution is 5.98. The zero-order chi connectivity index (χ0) is 19.9. The Bertz CT molecular complexity index is 881. The molecule has 3 rings (SSSR count). The molecule has 0 bridgehead atoms. The SMILES string of the molecule is O=C(COC(=O)CCC(=O)c1ccc(F)cc1)Nc1ccc2c(c1)OCCO2. The molecule has 0 saturated carbocycles. The second kappa shape index (κ2) is 8.98. The van der Waals surface area contributed by atoms with E-state index in [2.05, 4.69) is 5.32 Å². The number of ketones is 1. The van der Waals surface area contributed by atoms with Crippen molar-refractivity contribution >= 4 is 23.3 Å². The van der Waals surface area contributed by atoms with Crippen LogP contribution in [0, 0.1) is 5.82 Å². The summed E-state index contributed by atoms with van der Waals surface area (Å²) < 4.78 is 28.5. The first-order valence-corrected chi connectivity index (χ1v) is 8.65. The predicted octanol–water partition coefficient (Wildman–Crippen LogP) is 2.74. The van der Waals surface area contributed by atoms with Gasteiger partial charge in [0.1, 0.15) is 19.0 Å². The largest absolute Gasteiger partial charge is 0.486 e. The smallest absolute Gasteiger partial charge is 0.306 e. The van der Waals surface area contributed by atoms with E-state index < -0.39 is 24.3 Å². The average molecular weight is 387 g/mol. The van der Waals surface area contributed by atoms with Gasteiger partial charge in [0, 0.05) is 23.7 Å². The molecule has 1 aliphatic heterocycles. The Hall–Kier alpha value is -3.42. The molecule has 1 amide bonds. The van der Waals surface area contributed by atoms with Gasteiger partial charge in [-0.2, -0.15) is 0 Å². The van der Waals surface area contributed by atoms with Gasteiger partial charge in [0.2, 0.25) is 0 Å². The van der Waals surface area contributed by atoms with Gasteiger partial charge in [-0.15, -0.1) is 0 Å². The van der Waals surface area contributed by atoms with Gasteiger partial charge in [0.05, 0.1) is 6.42 Å². The molecule has 0 fully saturated rings. The lowest BCUT2D eigenvalue weighted by molar-refractivity contribution is -0.147. The second-order valence-corrected chi connectivity index (χ2v) is 6.00. The number of fused-ring (bicyclic) bond motifs is 1. The van der Waals surface area contributed by atoms with Crippen molar-refractivity contribution in [2.45, 2.75) is 12.8 Å². The molecule has 2 aromatic rings. The number of Topliss-reactive ketones (excluding diaryl/α,β-unsaturated/α-hetero) is 1. The first kappa shape index (κ1) is 19.3. The van der Waals surface area contributed by atoms with E-state index in [1.807, 2.05) is 0 Å². The van der Waals surface area contributed by atoms with Gasteiger partial charge in [-0.1, -0.05) is 0 Å². The minimum absolute atomic E-state index is 0.0890. The lowest BCUT2D eigenvalue weighted by Gasteiger charge is -2.19. The van der Waals surface area contributed by atoms with Crippen molar-refractivity contribution in [2.24, 2.45) is 0 Å². The summed E-state index contributed by atoms with van der Waals surface area (Å²) in [6, 6.07) is 10.00. The summed E-state index contributed by atoms with van der Waals surface area (Å²) >= 11 is 0. The predicted molar refractivity (Wildman–Crippen MR) is 97.0 cm³/mol. The zero-order valence-electron chi connectivity index (χ0n) is 14.9. The Labute approximate surface area is 160 Å². The third-order valence-corrected chi connectivity index (χ3v) is 3.91. The number of amides is 1. The molecule has 0 aromatic heterocycles. The molecule has 1 N–H and O–H groups in total. The van der Waals surface area contributed by atoms with Gasteiger partial charge >= 0.3 is 5.97 Å². The highest BCUT2D eigenvalue weighted by Crippen LogP contribution is 2.32. The van der Waals surface area contributed by atoms with Crippen molar-refractivity contribution in [3.63, 3.8) is 0 Å². The van der Waals surface area contributed by atoms with Crippen molar-refractivity contribution in [3.05, 3.63) is 53.8 Å². The number of ether oxygens (including phenoxy) is 3. The maximum absolute atomic E-state index is 12.8. The molecule has 1 aliphatic rings. The van der Waals surface area contributed by atoms with Crippen LogP contribution >= 0.6 is 0 Å². The summed E-state index contributed by atoms with van der Waals surface area (Å²) in [5, 5.41) is 2.59. The highest BCUT2D eigenvalue weighted by atomic mass is 19.1. The minimum Gasteiger partial charge on any atom is -0.486 e. The maximum atomic E-state index is 12.8. The van der Waals surface area contributed by atoms with Crippen LogP contribution in [0.4, 0.5) is 10.1 Å². The van der Waals surface area contributed by atoms with E-state index in [1.165, 1.54) is 24.3 Å². The van der Waals surface area contributed by atoms with Crippen LogP contribution in [0.25, 0.3) is 0 Å². The summed E-state index contributed by atoms with van der Waals surface area (Å²) in [5.41, 5.74) is 0.794. The average Bonchev–Trinajstić information content (AvgIpc) is 2.71. The van der Waals surface area contributed by atoms with Crippen LogP contribution < -0.4 is 14.8 Å². The zero-order valence-corrected chi connectivity index (χ0v) is 14.9. The molecule has 0 saturated heterocycles. The topological polar surface area (TPSA) is 90.9 Å². The summed E-state index contributed by atoms with van der Waals surface area (Å²) in [5.74, 6) is -0.817. The number of hydrogen-bond donors (Lipinski definition) is 1. The Morgan fingerprint density at radius 1 is 0.964 bits per heavy atom. The number of rotatable bonds is 7. The maximum Gasteiger partial charge on any atom is 0.306 e. The first-order valence-electron chi connectivity index (χ1n) is 8.65. The summed E-state index contributed by atoms with van der Waals surface area (Å²) in [7, 11) is 0. The van der Waals surface area contributed by atoms with Crippen LogP contribution in [0.1, 0.15) is 23.2 Å². The van der Waals surface area contributed by atoms with Crippen LogP contribution in [0.3, 0.4) is 0 Å². The van der Waals surface area contributed by atoms with Crippen molar-refractivity contribution in [1.29, 1.82) is 0 Å². The normalized spacial score (nSPS) is 12.2. The summed E-state index contributed by atoms with van der Waals surface area (Å²) in [4.78, 5) is 35.6. The van der Waals surface area contributed by atoms with Gasteiger partial charge < -0.3 is 19.5 Å². The number of benzene rings is 2. The van der Waals surface area contributed by atoms with E-state index in [4.69, 9.17) is 14.2 Å². The fourth-order valence-corrected chi connectivity index (χ4v) is 2.53. The monoisotopic (exact) mass is 387 g/mol. The van der Waals surface area contributed by atoms with Crippen molar-refractivity contribution in [3.8, 4) is 11.5 Å². The fraction of sp³-hybridized carbons (Fsp3) is 0.250. The summed E-state index contributed by atoms with van der Waals surface area (Å²) in [6.07, 6.45) is -0.262. The Balaban J connectivity index is 1.41. The third kappa shape index (κ3) is 5.29. The first-order chi connectivity index (χ1) is 13.5. The number of carbonyl (C=O) groups excluding carboxylic acids is 3. The highest BCUT2D eigenvalue weighted by Gasteiger charge is 2.14. The van der Waals surface area contributed by atoms with Crippen molar-refractivity contribution < 1.29 is 33.0 Å². The van der Waals surface area contributed by atoms with Crippen LogP contribution in [0.2, 0.25) is 0 Å². The molecule has 28 heavy (non-hydrogen) atoms. The van der Waals surface area contributed by atoms with E-state index in [0.717, 1.165) is 0 Å². The Morgan fingerprint density at radius 2 is 1.68 bits per heavy atom. The van der Waals surface area contributed by atoms with E-state index in [0.29, 0.717) is 36.0 Å². The molecule has 8 heteroatoms. The molecule has 0 unspecified atom stereocenters. The molecule has 0 aliphatic carbocycles. The van der Waals surface area contributed by atoms with E-state index in [1.54, 1.807) is 18.2 Å². The van der Waals surface area contributed by atoms with Gasteiger partial charge in [0.15, 0.2) is 23.9 Å². The van der Waals surface area contributed by atoms with Crippen LogP contribution in [-0.4, -0.2) is 37.5 Å². The Kier molecular flexibility index (Phi) is 6.21. The van der Waals surface area contributed by atoms with Crippen molar-refractivity contribution in [2.75, 3.05) is 25.1 Å². The van der Waals surface area contributed by atoms with Gasteiger partial charge in [-0.3, -0.25) is 14.4 Å². The number of nitrogens with one attached hydrogen (secondary N) is 1. The minimum atomic E-state index is -0.673. The van der Waals surface area contributed by atoms with Crippen molar-refractivity contribution in [1.82, 2.24) is 0 Å². The lowest BCUT2D eigenvalue weighted by Crippen LogP contribution is -2.21. The molecular weight excluding hydrogens is 369 g/mol. The number of hydrogen-bond acceptors (Lipinski definition) is 6. The quantitative estimate of drug-likeness (QED) is 0.580. The van der Waals surface area contributed by atoms with Crippen LogP contribution in [0.5, 0.6) is 11.5 Å². The molecule has 0 radical (unpaired) electrons. The standard InChI is InChI=1S/C20H18FNO6/c21-14-3-1-13(2-4-14)16(23)6-8-20(25)28-12-19(24)22-15-5-7-17-18(11-15)27-10-9-26-17/h1-5,7,11H,6,8-10,12H2,(H,22,24). The summed E-state index contributed by atoms with van der Waals surface area (Å²) in [6.45, 7) is 0.426. The van der Waals surface area contributed by atoms with Crippen LogP contribution in [0.15, 0.2) is 42.5 Å².